The molecule has 2 aromatic heterocycles. The maximum Gasteiger partial charge on any atom is 0.227 e. The highest BCUT2D eigenvalue weighted by molar-refractivity contribution is 14.1. The molecule has 2 N–H and O–H groups in total. The third-order valence-electron chi connectivity index (χ3n) is 2.36. The third-order valence-corrected chi connectivity index (χ3v) is 2.92. The first kappa shape index (κ1) is 13.2. The van der Waals surface area contributed by atoms with Gasteiger partial charge in [-0.25, -0.2) is 9.97 Å². The second-order valence-corrected chi connectivity index (χ2v) is 5.06. The van der Waals surface area contributed by atoms with Crippen LogP contribution in [-0.2, 0) is 6.54 Å². The van der Waals surface area contributed by atoms with Crippen molar-refractivity contribution in [2.75, 3.05) is 11.9 Å². The molecule has 0 saturated carbocycles. The summed E-state index contributed by atoms with van der Waals surface area (Å²) in [5, 5.41) is 16.3. The lowest BCUT2D eigenvalue weighted by atomic mass is 10.4. The summed E-state index contributed by atoms with van der Waals surface area (Å²) in [4.78, 5) is 8.36. The van der Waals surface area contributed by atoms with Crippen molar-refractivity contribution in [2.24, 2.45) is 0 Å². The highest BCUT2D eigenvalue weighted by atomic mass is 127. The number of hydrogen-bond acceptors (Lipinski definition) is 5. The van der Waals surface area contributed by atoms with Crippen molar-refractivity contribution in [3.8, 4) is 0 Å². The van der Waals surface area contributed by atoms with Crippen LogP contribution >= 0.6 is 22.6 Å². The van der Waals surface area contributed by atoms with Crippen LogP contribution in [-0.4, -0.2) is 31.5 Å². The van der Waals surface area contributed by atoms with E-state index in [1.54, 1.807) is 17.1 Å². The zero-order chi connectivity index (χ0) is 13.0. The first-order chi connectivity index (χ1) is 8.69. The van der Waals surface area contributed by atoms with Gasteiger partial charge in [0.1, 0.15) is 0 Å². The lowest BCUT2D eigenvalue weighted by Gasteiger charge is -2.01. The van der Waals surface area contributed by atoms with E-state index < -0.39 is 0 Å². The Morgan fingerprint density at radius 1 is 1.39 bits per heavy atom. The number of anilines is 2. The zero-order valence-electron chi connectivity index (χ0n) is 9.97. The van der Waals surface area contributed by atoms with Crippen LogP contribution in [0.3, 0.4) is 0 Å². The van der Waals surface area contributed by atoms with Crippen LogP contribution in [0.25, 0.3) is 0 Å². The van der Waals surface area contributed by atoms with Crippen LogP contribution in [0.5, 0.6) is 0 Å². The molecule has 0 bridgehead atoms. The van der Waals surface area contributed by atoms with E-state index >= 15 is 0 Å². The van der Waals surface area contributed by atoms with E-state index in [0.717, 1.165) is 15.0 Å². The molecular weight excluding hydrogens is 345 g/mol. The molecule has 18 heavy (non-hydrogen) atoms. The minimum absolute atomic E-state index is 0.169. The summed E-state index contributed by atoms with van der Waals surface area (Å²) in [7, 11) is 0. The number of nitrogens with zero attached hydrogens (tertiary/aromatic N) is 4. The standard InChI is InChI=1S/C11H14IN5O/c1-8-10(7-17(16-8)3-2-4-18)15-11-13-5-9(12)6-14-11/h5-7,18H,2-4H2,1H3,(H,13,14,15). The largest absolute Gasteiger partial charge is 0.396 e. The molecule has 0 unspecified atom stereocenters. The van der Waals surface area contributed by atoms with Gasteiger partial charge in [0.2, 0.25) is 5.95 Å². The van der Waals surface area contributed by atoms with Gasteiger partial charge in [-0.15, -0.1) is 0 Å². The fourth-order valence-corrected chi connectivity index (χ4v) is 1.76. The highest BCUT2D eigenvalue weighted by Gasteiger charge is 2.06. The molecule has 2 heterocycles. The maximum absolute atomic E-state index is 8.79. The summed E-state index contributed by atoms with van der Waals surface area (Å²) in [5.41, 5.74) is 1.77. The Bertz CT molecular complexity index is 511. The number of rotatable bonds is 5. The lowest BCUT2D eigenvalue weighted by molar-refractivity contribution is 0.277. The van der Waals surface area contributed by atoms with Gasteiger partial charge in [-0.2, -0.15) is 5.10 Å². The van der Waals surface area contributed by atoms with Gasteiger partial charge in [0, 0.05) is 35.3 Å². The number of hydrogen-bond donors (Lipinski definition) is 2. The van der Waals surface area contributed by atoms with E-state index in [-0.39, 0.29) is 6.61 Å². The van der Waals surface area contributed by atoms with Crippen LogP contribution in [0.1, 0.15) is 12.1 Å². The minimum atomic E-state index is 0.169. The second kappa shape index (κ2) is 6.10. The average molecular weight is 359 g/mol. The maximum atomic E-state index is 8.79. The van der Waals surface area contributed by atoms with Crippen molar-refractivity contribution < 1.29 is 5.11 Å². The highest BCUT2D eigenvalue weighted by Crippen LogP contribution is 2.16. The van der Waals surface area contributed by atoms with Crippen molar-refractivity contribution in [2.45, 2.75) is 19.9 Å². The minimum Gasteiger partial charge on any atom is -0.396 e. The lowest BCUT2D eigenvalue weighted by Crippen LogP contribution is -2.00. The molecule has 0 saturated heterocycles. The molecule has 2 aromatic rings. The number of aliphatic hydroxyl groups is 1. The predicted octanol–water partition coefficient (Wildman–Crippen LogP) is 1.71. The van der Waals surface area contributed by atoms with Crippen molar-refractivity contribution in [1.82, 2.24) is 19.7 Å². The molecular formula is C11H14IN5O. The summed E-state index contributed by atoms with van der Waals surface area (Å²) >= 11 is 2.16. The molecule has 2 rings (SSSR count). The number of aliphatic hydroxyl groups excluding tert-OH is 1. The normalized spacial score (nSPS) is 10.6. The molecule has 0 aliphatic carbocycles. The summed E-state index contributed by atoms with van der Waals surface area (Å²) in [6.07, 6.45) is 6.09. The second-order valence-electron chi connectivity index (χ2n) is 3.82. The van der Waals surface area contributed by atoms with E-state index in [1.807, 2.05) is 13.1 Å². The van der Waals surface area contributed by atoms with Gasteiger partial charge < -0.3 is 10.4 Å². The fourth-order valence-electron chi connectivity index (χ4n) is 1.49. The monoisotopic (exact) mass is 359 g/mol. The van der Waals surface area contributed by atoms with Crippen molar-refractivity contribution in [3.05, 3.63) is 27.9 Å². The van der Waals surface area contributed by atoms with Crippen LogP contribution in [0.2, 0.25) is 0 Å². The van der Waals surface area contributed by atoms with Gasteiger partial charge in [0.15, 0.2) is 0 Å². The molecule has 0 fully saturated rings. The zero-order valence-corrected chi connectivity index (χ0v) is 12.1. The van der Waals surface area contributed by atoms with Crippen molar-refractivity contribution >= 4 is 34.2 Å². The van der Waals surface area contributed by atoms with E-state index in [0.29, 0.717) is 18.9 Å². The summed E-state index contributed by atoms with van der Waals surface area (Å²) in [5.74, 6) is 0.556. The molecule has 96 valence electrons. The SMILES string of the molecule is Cc1nn(CCCO)cc1Nc1ncc(I)cn1. The molecule has 0 atom stereocenters. The Labute approximate surface area is 119 Å². The van der Waals surface area contributed by atoms with Gasteiger partial charge in [-0.3, -0.25) is 4.68 Å². The van der Waals surface area contributed by atoms with Gasteiger partial charge in [-0.1, -0.05) is 0 Å². The number of nitrogens with one attached hydrogen (secondary N) is 1. The summed E-state index contributed by atoms with van der Waals surface area (Å²) in [6, 6.07) is 0. The van der Waals surface area contributed by atoms with Gasteiger partial charge in [0.05, 0.1) is 11.4 Å². The van der Waals surface area contributed by atoms with Crippen LogP contribution < -0.4 is 5.32 Å². The fraction of sp³-hybridized carbons (Fsp3) is 0.364. The quantitative estimate of drug-likeness (QED) is 0.795. The molecule has 0 spiro atoms. The Kier molecular flexibility index (Phi) is 4.48. The van der Waals surface area contributed by atoms with Crippen molar-refractivity contribution in [1.29, 1.82) is 0 Å². The Morgan fingerprint density at radius 3 is 2.78 bits per heavy atom. The first-order valence-corrected chi connectivity index (χ1v) is 6.66. The summed E-state index contributed by atoms with van der Waals surface area (Å²) in [6.45, 7) is 2.79. The first-order valence-electron chi connectivity index (χ1n) is 5.58. The van der Waals surface area contributed by atoms with Crippen molar-refractivity contribution in [3.63, 3.8) is 0 Å². The van der Waals surface area contributed by atoms with E-state index in [2.05, 4.69) is 43.0 Å². The predicted molar refractivity (Wildman–Crippen MR) is 76.7 cm³/mol. The molecule has 0 amide bonds. The Morgan fingerprint density at radius 2 is 2.11 bits per heavy atom. The van der Waals surface area contributed by atoms with Gasteiger partial charge in [-0.05, 0) is 35.9 Å². The third kappa shape index (κ3) is 3.39. The van der Waals surface area contributed by atoms with Gasteiger partial charge >= 0.3 is 0 Å². The Hall–Kier alpha value is -1.22. The average Bonchev–Trinajstić information content (AvgIpc) is 2.70. The molecule has 0 aliphatic heterocycles. The number of halogens is 1. The smallest absolute Gasteiger partial charge is 0.227 e. The van der Waals surface area contributed by atoms with Crippen LogP contribution in [0.15, 0.2) is 18.6 Å². The van der Waals surface area contributed by atoms with E-state index in [4.69, 9.17) is 5.11 Å². The molecule has 0 aromatic carbocycles. The van der Waals surface area contributed by atoms with E-state index in [9.17, 15) is 0 Å². The topological polar surface area (TPSA) is 75.9 Å². The molecule has 6 nitrogen and oxygen atoms in total. The van der Waals surface area contributed by atoms with E-state index in [1.165, 1.54) is 0 Å². The van der Waals surface area contributed by atoms with Crippen LogP contribution in [0, 0.1) is 10.5 Å². The van der Waals surface area contributed by atoms with Crippen LogP contribution in [0.4, 0.5) is 11.6 Å². The molecule has 0 aliphatic rings. The summed E-state index contributed by atoms with van der Waals surface area (Å²) < 4.78 is 2.80. The Balaban J connectivity index is 2.08. The molecule has 0 radical (unpaired) electrons. The van der Waals surface area contributed by atoms with Gasteiger partial charge in [0.25, 0.3) is 0 Å². The molecule has 7 heteroatoms. The number of aryl methyl sites for hydroxylation is 2. The number of aromatic nitrogens is 4.